The second-order valence-electron chi connectivity index (χ2n) is 4.53. The molecule has 0 saturated heterocycles. The molecule has 22 heavy (non-hydrogen) atoms. The fourth-order valence-corrected chi connectivity index (χ4v) is 1.99. The van der Waals surface area contributed by atoms with Gasteiger partial charge >= 0.3 is 0 Å². The van der Waals surface area contributed by atoms with Gasteiger partial charge in [-0.2, -0.15) is 9.97 Å². The van der Waals surface area contributed by atoms with Gasteiger partial charge in [-0.25, -0.2) is 0 Å². The fraction of sp³-hybridized carbons (Fsp3) is 0.231. The van der Waals surface area contributed by atoms with Crippen LogP contribution in [0.2, 0.25) is 10.0 Å². The van der Waals surface area contributed by atoms with Crippen molar-refractivity contribution in [1.29, 1.82) is 0 Å². The van der Waals surface area contributed by atoms with Gasteiger partial charge in [-0.3, -0.25) is 0 Å². The molecule has 118 valence electrons. The molecule has 0 aliphatic carbocycles. The molecule has 0 aliphatic heterocycles. The van der Waals surface area contributed by atoms with Crippen LogP contribution in [-0.2, 0) is 0 Å². The Kier molecular flexibility index (Phi) is 4.92. The largest absolute Gasteiger partial charge is 0.444 e. The Bertz CT molecular complexity index is 697. The maximum absolute atomic E-state index is 9.67. The summed E-state index contributed by atoms with van der Waals surface area (Å²) in [6.07, 6.45) is -2.64. The highest BCUT2D eigenvalue weighted by Crippen LogP contribution is 2.36. The van der Waals surface area contributed by atoms with Gasteiger partial charge in [0.1, 0.15) is 11.9 Å². The van der Waals surface area contributed by atoms with Gasteiger partial charge in [0.2, 0.25) is 18.1 Å². The van der Waals surface area contributed by atoms with Gasteiger partial charge < -0.3 is 26.4 Å². The highest BCUT2D eigenvalue weighted by Gasteiger charge is 2.21. The zero-order valence-corrected chi connectivity index (χ0v) is 13.0. The first-order valence-electron chi connectivity index (χ1n) is 6.20. The molecule has 1 aromatic heterocycles. The van der Waals surface area contributed by atoms with Crippen molar-refractivity contribution in [2.75, 3.05) is 11.5 Å². The lowest BCUT2D eigenvalue weighted by Crippen LogP contribution is -2.29. The Hall–Kier alpha value is -1.80. The van der Waals surface area contributed by atoms with Crippen LogP contribution in [0.25, 0.3) is 11.1 Å². The van der Waals surface area contributed by atoms with Crippen molar-refractivity contribution in [2.45, 2.75) is 19.3 Å². The zero-order chi connectivity index (χ0) is 16.4. The summed E-state index contributed by atoms with van der Waals surface area (Å²) >= 11 is 11.9. The first kappa shape index (κ1) is 16.6. The maximum Gasteiger partial charge on any atom is 0.230 e. The molecule has 2 rings (SSSR count). The van der Waals surface area contributed by atoms with Crippen molar-refractivity contribution >= 4 is 35.0 Å². The van der Waals surface area contributed by atoms with Crippen molar-refractivity contribution < 1.29 is 14.9 Å². The van der Waals surface area contributed by atoms with Gasteiger partial charge in [-0.15, -0.1) is 0 Å². The van der Waals surface area contributed by atoms with Crippen molar-refractivity contribution in [1.82, 2.24) is 9.97 Å². The van der Waals surface area contributed by atoms with Gasteiger partial charge in [-0.1, -0.05) is 29.3 Å². The minimum Gasteiger partial charge on any atom is -0.444 e. The van der Waals surface area contributed by atoms with E-state index >= 15 is 0 Å². The van der Waals surface area contributed by atoms with E-state index in [2.05, 4.69) is 9.97 Å². The Labute approximate surface area is 136 Å². The van der Waals surface area contributed by atoms with Crippen LogP contribution in [0.4, 0.5) is 11.8 Å². The average Bonchev–Trinajstić information content (AvgIpc) is 2.41. The first-order valence-corrected chi connectivity index (χ1v) is 6.96. The molecule has 1 aromatic carbocycles. The smallest absolute Gasteiger partial charge is 0.230 e. The van der Waals surface area contributed by atoms with E-state index in [-0.39, 0.29) is 23.2 Å². The zero-order valence-electron chi connectivity index (χ0n) is 11.5. The lowest BCUT2D eigenvalue weighted by atomic mass is 10.1. The molecule has 9 heteroatoms. The molecule has 2 atom stereocenters. The van der Waals surface area contributed by atoms with E-state index in [0.29, 0.717) is 15.6 Å². The van der Waals surface area contributed by atoms with Crippen LogP contribution in [0, 0.1) is 0 Å². The quantitative estimate of drug-likeness (QED) is 0.621. The molecule has 0 radical (unpaired) electrons. The molecule has 2 aromatic rings. The second kappa shape index (κ2) is 6.53. The number of hydrogen-bond donors (Lipinski definition) is 4. The van der Waals surface area contributed by atoms with Crippen LogP contribution in [0.5, 0.6) is 5.88 Å². The summed E-state index contributed by atoms with van der Waals surface area (Å²) in [6.45, 7) is 1.36. The number of benzene rings is 1. The highest BCUT2D eigenvalue weighted by atomic mass is 35.5. The van der Waals surface area contributed by atoms with Crippen molar-refractivity contribution in [3.05, 3.63) is 28.2 Å². The normalized spacial score (nSPS) is 13.7. The Morgan fingerprint density at radius 2 is 1.82 bits per heavy atom. The minimum absolute atomic E-state index is 0.0404. The SMILES string of the molecule is C[C@H](O)[C@@H](O)Oc1nc(N)nc(N)c1-c1ccc(Cl)c(Cl)c1. The fourth-order valence-electron chi connectivity index (χ4n) is 1.69. The number of aliphatic hydroxyl groups is 2. The molecule has 0 amide bonds. The number of nitrogens with zero attached hydrogens (tertiary/aromatic N) is 2. The number of rotatable bonds is 4. The number of hydrogen-bond acceptors (Lipinski definition) is 7. The predicted octanol–water partition coefficient (Wildman–Crippen LogP) is 1.69. The van der Waals surface area contributed by atoms with Crippen LogP contribution < -0.4 is 16.2 Å². The average molecular weight is 345 g/mol. The third-order valence-corrected chi connectivity index (χ3v) is 3.51. The summed E-state index contributed by atoms with van der Waals surface area (Å²) in [7, 11) is 0. The van der Waals surface area contributed by atoms with Crippen LogP contribution >= 0.6 is 23.2 Å². The van der Waals surface area contributed by atoms with Crippen molar-refractivity contribution in [3.63, 3.8) is 0 Å². The van der Waals surface area contributed by atoms with E-state index in [1.807, 2.05) is 0 Å². The predicted molar refractivity (Wildman–Crippen MR) is 84.6 cm³/mol. The van der Waals surface area contributed by atoms with E-state index in [4.69, 9.17) is 39.4 Å². The molecule has 0 bridgehead atoms. The van der Waals surface area contributed by atoms with Crippen LogP contribution in [-0.4, -0.2) is 32.6 Å². The summed E-state index contributed by atoms with van der Waals surface area (Å²) in [4.78, 5) is 7.76. The highest BCUT2D eigenvalue weighted by molar-refractivity contribution is 6.42. The lowest BCUT2D eigenvalue weighted by molar-refractivity contribution is -0.0976. The molecule has 0 saturated carbocycles. The molecular weight excluding hydrogens is 331 g/mol. The first-order chi connectivity index (χ1) is 10.3. The van der Waals surface area contributed by atoms with Gasteiger partial charge in [-0.05, 0) is 24.6 Å². The topological polar surface area (TPSA) is 128 Å². The Balaban J connectivity index is 2.55. The van der Waals surface area contributed by atoms with E-state index < -0.39 is 12.4 Å². The van der Waals surface area contributed by atoms with Crippen LogP contribution in [0.1, 0.15) is 6.92 Å². The van der Waals surface area contributed by atoms with Crippen LogP contribution in [0.15, 0.2) is 18.2 Å². The molecule has 0 aliphatic rings. The van der Waals surface area contributed by atoms with E-state index in [9.17, 15) is 10.2 Å². The van der Waals surface area contributed by atoms with Gasteiger partial charge in [0.05, 0.1) is 15.6 Å². The number of aliphatic hydroxyl groups excluding tert-OH is 2. The van der Waals surface area contributed by atoms with Gasteiger partial charge in [0.25, 0.3) is 0 Å². The molecule has 7 nitrogen and oxygen atoms in total. The third kappa shape index (κ3) is 3.50. The second-order valence-corrected chi connectivity index (χ2v) is 5.34. The number of halogens is 2. The van der Waals surface area contributed by atoms with Crippen molar-refractivity contribution in [3.8, 4) is 17.0 Å². The summed E-state index contributed by atoms with van der Waals surface area (Å²) in [6, 6.07) is 4.77. The number of aromatic nitrogens is 2. The minimum atomic E-state index is -1.50. The van der Waals surface area contributed by atoms with E-state index in [1.54, 1.807) is 18.2 Å². The van der Waals surface area contributed by atoms with Crippen LogP contribution in [0.3, 0.4) is 0 Å². The number of ether oxygens (including phenoxy) is 1. The maximum atomic E-state index is 9.67. The summed E-state index contributed by atoms with van der Waals surface area (Å²) in [5.74, 6) is -0.162. The molecule has 6 N–H and O–H groups in total. The molecular formula is C13H14Cl2N4O3. The Morgan fingerprint density at radius 1 is 1.14 bits per heavy atom. The summed E-state index contributed by atoms with van der Waals surface area (Å²) in [5.41, 5.74) is 12.2. The number of nitrogens with two attached hydrogens (primary N) is 2. The van der Waals surface area contributed by atoms with E-state index in [0.717, 1.165) is 0 Å². The Morgan fingerprint density at radius 3 is 2.41 bits per heavy atom. The number of nitrogen functional groups attached to an aromatic ring is 2. The standard InChI is InChI=1S/C13H14Cl2N4O3/c1-5(20)12(21)22-11-9(10(16)18-13(17)19-11)6-2-3-7(14)8(15)4-6/h2-5,12,20-21H,1H3,(H4,16,17,18,19)/t5-,12-/m0/s1. The molecule has 0 unspecified atom stereocenters. The molecule has 0 fully saturated rings. The monoisotopic (exact) mass is 344 g/mol. The van der Waals surface area contributed by atoms with Crippen molar-refractivity contribution in [2.24, 2.45) is 0 Å². The summed E-state index contributed by atoms with van der Waals surface area (Å²) < 4.78 is 5.21. The number of anilines is 2. The van der Waals surface area contributed by atoms with Gasteiger partial charge in [0, 0.05) is 0 Å². The molecule has 1 heterocycles. The molecule has 0 spiro atoms. The third-order valence-electron chi connectivity index (χ3n) is 2.77. The van der Waals surface area contributed by atoms with Gasteiger partial charge in [0.15, 0.2) is 0 Å². The summed E-state index contributed by atoms with van der Waals surface area (Å²) in [5, 5.41) is 19.7. The van der Waals surface area contributed by atoms with E-state index in [1.165, 1.54) is 6.92 Å². The lowest BCUT2D eigenvalue weighted by Gasteiger charge is -2.18.